The van der Waals surface area contributed by atoms with Gasteiger partial charge in [0, 0.05) is 12.7 Å². The number of amides is 2. The van der Waals surface area contributed by atoms with E-state index in [-0.39, 0.29) is 17.6 Å². The van der Waals surface area contributed by atoms with Crippen molar-refractivity contribution >= 4 is 11.8 Å². The van der Waals surface area contributed by atoms with Crippen molar-refractivity contribution in [3.05, 3.63) is 18.3 Å². The molecule has 1 aromatic rings. The molecule has 76 valence electrons. The molecule has 0 bridgehead atoms. The lowest BCUT2D eigenvalue weighted by Crippen LogP contribution is -2.29. The van der Waals surface area contributed by atoms with Crippen LogP contribution >= 0.6 is 0 Å². The number of anilines is 1. The lowest BCUT2D eigenvalue weighted by atomic mass is 10.4. The van der Waals surface area contributed by atoms with E-state index < -0.39 is 0 Å². The van der Waals surface area contributed by atoms with Crippen molar-refractivity contribution in [1.29, 1.82) is 0 Å². The third kappa shape index (κ3) is 2.93. The Labute approximate surface area is 82.2 Å². The minimum Gasteiger partial charge on any atom is -0.504 e. The van der Waals surface area contributed by atoms with Crippen LogP contribution in [-0.4, -0.2) is 22.7 Å². The van der Waals surface area contributed by atoms with E-state index in [0.29, 0.717) is 6.54 Å². The van der Waals surface area contributed by atoms with Gasteiger partial charge in [0.05, 0.1) is 0 Å². The second-order valence-electron chi connectivity index (χ2n) is 2.75. The first-order chi connectivity index (χ1) is 6.74. The molecule has 0 fully saturated rings. The summed E-state index contributed by atoms with van der Waals surface area (Å²) in [6.45, 7) is 2.55. The van der Waals surface area contributed by atoms with Crippen LogP contribution < -0.4 is 10.6 Å². The lowest BCUT2D eigenvalue weighted by Gasteiger charge is -2.06. The Bertz CT molecular complexity index is 315. The van der Waals surface area contributed by atoms with Gasteiger partial charge in [-0.15, -0.1) is 0 Å². The number of hydrogen-bond acceptors (Lipinski definition) is 3. The fourth-order valence-electron chi connectivity index (χ4n) is 0.883. The first-order valence-electron chi connectivity index (χ1n) is 4.43. The molecule has 5 nitrogen and oxygen atoms in total. The number of hydrogen-bond donors (Lipinski definition) is 3. The zero-order chi connectivity index (χ0) is 10.4. The van der Waals surface area contributed by atoms with Crippen LogP contribution in [0.2, 0.25) is 0 Å². The molecule has 0 aliphatic rings. The summed E-state index contributed by atoms with van der Waals surface area (Å²) in [5.74, 6) is 0.125. The number of nitrogens with one attached hydrogen (secondary N) is 2. The molecule has 2 amide bonds. The molecule has 1 aromatic heterocycles. The molecule has 0 aromatic carbocycles. The summed E-state index contributed by atoms with van der Waals surface area (Å²) < 4.78 is 0. The summed E-state index contributed by atoms with van der Waals surface area (Å²) in [4.78, 5) is 15.0. The SMILES string of the molecule is CCCNC(=O)Nc1ncccc1O. The maximum absolute atomic E-state index is 11.2. The molecule has 0 aliphatic carbocycles. The van der Waals surface area contributed by atoms with Gasteiger partial charge in [-0.3, -0.25) is 5.32 Å². The van der Waals surface area contributed by atoms with Crippen molar-refractivity contribution in [2.45, 2.75) is 13.3 Å². The van der Waals surface area contributed by atoms with Crippen molar-refractivity contribution in [2.75, 3.05) is 11.9 Å². The Hall–Kier alpha value is -1.78. The summed E-state index contributed by atoms with van der Waals surface area (Å²) in [5, 5.41) is 14.3. The number of rotatable bonds is 3. The Morgan fingerprint density at radius 3 is 3.07 bits per heavy atom. The standard InChI is InChI=1S/C9H13N3O2/c1-2-5-11-9(14)12-8-7(13)4-3-6-10-8/h3-4,6,13H,2,5H2,1H3,(H2,10,11,12,14). The maximum Gasteiger partial charge on any atom is 0.320 e. The van der Waals surface area contributed by atoms with E-state index in [1.165, 1.54) is 12.3 Å². The van der Waals surface area contributed by atoms with Crippen LogP contribution in [0.3, 0.4) is 0 Å². The minimum atomic E-state index is -0.360. The van der Waals surface area contributed by atoms with Crippen LogP contribution in [-0.2, 0) is 0 Å². The normalized spacial score (nSPS) is 9.50. The molecule has 0 saturated heterocycles. The molecular weight excluding hydrogens is 182 g/mol. The molecule has 0 radical (unpaired) electrons. The van der Waals surface area contributed by atoms with Crippen LogP contribution in [0, 0.1) is 0 Å². The second-order valence-corrected chi connectivity index (χ2v) is 2.75. The Balaban J connectivity index is 2.52. The van der Waals surface area contributed by atoms with Gasteiger partial charge in [-0.25, -0.2) is 9.78 Å². The molecule has 3 N–H and O–H groups in total. The molecular formula is C9H13N3O2. The second kappa shape index (κ2) is 5.06. The van der Waals surface area contributed by atoms with Crippen LogP contribution in [0.4, 0.5) is 10.6 Å². The van der Waals surface area contributed by atoms with E-state index in [1.54, 1.807) is 6.07 Å². The van der Waals surface area contributed by atoms with Crippen molar-refractivity contribution < 1.29 is 9.90 Å². The van der Waals surface area contributed by atoms with E-state index in [0.717, 1.165) is 6.42 Å². The third-order valence-corrected chi connectivity index (χ3v) is 1.55. The van der Waals surface area contributed by atoms with Crippen LogP contribution in [0.25, 0.3) is 0 Å². The topological polar surface area (TPSA) is 74.2 Å². The van der Waals surface area contributed by atoms with E-state index in [9.17, 15) is 9.90 Å². The molecule has 5 heteroatoms. The average Bonchev–Trinajstić information content (AvgIpc) is 2.18. The van der Waals surface area contributed by atoms with Crippen molar-refractivity contribution in [2.24, 2.45) is 0 Å². The summed E-state index contributed by atoms with van der Waals surface area (Å²) in [5.41, 5.74) is 0. The number of aromatic nitrogens is 1. The van der Waals surface area contributed by atoms with Crippen LogP contribution in [0.1, 0.15) is 13.3 Å². The van der Waals surface area contributed by atoms with E-state index >= 15 is 0 Å². The van der Waals surface area contributed by atoms with E-state index in [1.807, 2.05) is 6.92 Å². The van der Waals surface area contributed by atoms with Crippen LogP contribution in [0.15, 0.2) is 18.3 Å². The molecule has 14 heavy (non-hydrogen) atoms. The fourth-order valence-corrected chi connectivity index (χ4v) is 0.883. The van der Waals surface area contributed by atoms with Crippen LogP contribution in [0.5, 0.6) is 5.75 Å². The highest BCUT2D eigenvalue weighted by Crippen LogP contribution is 2.17. The molecule has 1 rings (SSSR count). The average molecular weight is 195 g/mol. The van der Waals surface area contributed by atoms with Gasteiger partial charge in [-0.1, -0.05) is 6.92 Å². The van der Waals surface area contributed by atoms with Gasteiger partial charge in [0.1, 0.15) is 0 Å². The third-order valence-electron chi connectivity index (χ3n) is 1.55. The number of urea groups is 1. The summed E-state index contributed by atoms with van der Waals surface area (Å²) in [7, 11) is 0. The predicted molar refractivity (Wildman–Crippen MR) is 53.2 cm³/mol. The summed E-state index contributed by atoms with van der Waals surface area (Å²) in [6, 6.07) is 2.69. The van der Waals surface area contributed by atoms with E-state index in [4.69, 9.17) is 0 Å². The summed E-state index contributed by atoms with van der Waals surface area (Å²) in [6.07, 6.45) is 2.36. The number of carbonyl (C=O) groups is 1. The Morgan fingerprint density at radius 1 is 1.64 bits per heavy atom. The molecule has 1 heterocycles. The molecule has 0 saturated carbocycles. The zero-order valence-electron chi connectivity index (χ0n) is 7.95. The monoisotopic (exact) mass is 195 g/mol. The maximum atomic E-state index is 11.2. The fraction of sp³-hybridized carbons (Fsp3) is 0.333. The molecule has 0 spiro atoms. The first-order valence-corrected chi connectivity index (χ1v) is 4.43. The molecule has 0 unspecified atom stereocenters. The Kier molecular flexibility index (Phi) is 3.72. The first kappa shape index (κ1) is 10.3. The van der Waals surface area contributed by atoms with Gasteiger partial charge in [0.15, 0.2) is 11.6 Å². The highest BCUT2D eigenvalue weighted by molar-refractivity contribution is 5.89. The van der Waals surface area contributed by atoms with Crippen molar-refractivity contribution in [3.8, 4) is 5.75 Å². The largest absolute Gasteiger partial charge is 0.504 e. The van der Waals surface area contributed by atoms with Crippen molar-refractivity contribution in [1.82, 2.24) is 10.3 Å². The number of aromatic hydroxyl groups is 1. The quantitative estimate of drug-likeness (QED) is 0.681. The van der Waals surface area contributed by atoms with Gasteiger partial charge in [0.2, 0.25) is 0 Å². The minimum absolute atomic E-state index is 0.0425. The van der Waals surface area contributed by atoms with Gasteiger partial charge in [-0.2, -0.15) is 0 Å². The smallest absolute Gasteiger partial charge is 0.320 e. The number of nitrogens with zero attached hydrogens (tertiary/aromatic N) is 1. The highest BCUT2D eigenvalue weighted by atomic mass is 16.3. The Morgan fingerprint density at radius 2 is 2.43 bits per heavy atom. The summed E-state index contributed by atoms with van der Waals surface area (Å²) >= 11 is 0. The van der Waals surface area contributed by atoms with Gasteiger partial charge >= 0.3 is 6.03 Å². The zero-order valence-corrected chi connectivity index (χ0v) is 7.95. The van der Waals surface area contributed by atoms with E-state index in [2.05, 4.69) is 15.6 Å². The highest BCUT2D eigenvalue weighted by Gasteiger charge is 2.04. The van der Waals surface area contributed by atoms with Gasteiger partial charge < -0.3 is 10.4 Å². The van der Waals surface area contributed by atoms with Crippen molar-refractivity contribution in [3.63, 3.8) is 0 Å². The number of carbonyl (C=O) groups excluding carboxylic acids is 1. The number of pyridine rings is 1. The lowest BCUT2D eigenvalue weighted by molar-refractivity contribution is 0.252. The molecule has 0 atom stereocenters. The predicted octanol–water partition coefficient (Wildman–Crippen LogP) is 1.32. The molecule has 0 aliphatic heterocycles. The van der Waals surface area contributed by atoms with Gasteiger partial charge in [-0.05, 0) is 18.6 Å². The van der Waals surface area contributed by atoms with Gasteiger partial charge in [0.25, 0.3) is 0 Å².